The summed E-state index contributed by atoms with van der Waals surface area (Å²) in [5.74, 6) is 2.03. The van der Waals surface area contributed by atoms with Gasteiger partial charge in [-0.1, -0.05) is 114 Å². The molecule has 6 fully saturated rings. The van der Waals surface area contributed by atoms with Gasteiger partial charge in [-0.3, -0.25) is 28.8 Å². The molecule has 73 heavy (non-hydrogen) atoms. The van der Waals surface area contributed by atoms with Gasteiger partial charge in [-0.15, -0.1) is 0 Å². The minimum absolute atomic E-state index is 0.00419. The van der Waals surface area contributed by atoms with Crippen molar-refractivity contribution >= 4 is 35.1 Å². The summed E-state index contributed by atoms with van der Waals surface area (Å²) in [6, 6.07) is 3.15. The van der Waals surface area contributed by atoms with Crippen molar-refractivity contribution in [1.82, 2.24) is 5.32 Å². The topological polar surface area (TPSA) is 133 Å². The molecular formula is C64H87NO8. The van der Waals surface area contributed by atoms with Crippen LogP contribution in [0.5, 0.6) is 0 Å². The number of carbonyl (C=O) groups is 6. The molecule has 0 saturated heterocycles. The van der Waals surface area contributed by atoms with E-state index in [0.717, 1.165) is 88.2 Å². The molecule has 0 radical (unpaired) electrons. The summed E-state index contributed by atoms with van der Waals surface area (Å²) >= 11 is 0. The van der Waals surface area contributed by atoms with Gasteiger partial charge in [0.05, 0.1) is 36.3 Å². The minimum atomic E-state index is -0.789. The normalized spacial score (nSPS) is 46.4. The Morgan fingerprint density at radius 2 is 0.932 bits per heavy atom. The maximum atomic E-state index is 15.1. The van der Waals surface area contributed by atoms with Crippen molar-refractivity contribution in [2.45, 2.75) is 187 Å². The molecule has 6 saturated carbocycles. The van der Waals surface area contributed by atoms with Crippen LogP contribution in [-0.4, -0.2) is 49.3 Å². The maximum absolute atomic E-state index is 15.1. The van der Waals surface area contributed by atoms with Gasteiger partial charge >= 0.3 is 11.9 Å². The molecule has 10 aliphatic rings. The Labute approximate surface area is 437 Å². The van der Waals surface area contributed by atoms with Gasteiger partial charge < -0.3 is 14.8 Å². The predicted octanol–water partition coefficient (Wildman–Crippen LogP) is 12.2. The number of hydrogen-bond acceptors (Lipinski definition) is 9. The van der Waals surface area contributed by atoms with E-state index in [9.17, 15) is 19.2 Å². The van der Waals surface area contributed by atoms with Crippen LogP contribution in [-0.2, 0) is 38.2 Å². The largest absolute Gasteiger partial charge is 0.469 e. The molecule has 10 aliphatic carbocycles. The molecule has 9 nitrogen and oxygen atoms in total. The Bertz CT molecular complexity index is 2730. The van der Waals surface area contributed by atoms with Gasteiger partial charge in [0.15, 0.2) is 23.1 Å². The van der Waals surface area contributed by atoms with Crippen LogP contribution in [0.15, 0.2) is 46.7 Å². The number of ether oxygens (including phenoxy) is 2. The van der Waals surface area contributed by atoms with E-state index in [2.05, 4.69) is 98.7 Å². The van der Waals surface area contributed by atoms with E-state index in [1.807, 2.05) is 39.8 Å². The fourth-order valence-corrected chi connectivity index (χ4v) is 20.6. The van der Waals surface area contributed by atoms with E-state index in [0.29, 0.717) is 24.1 Å². The fourth-order valence-electron chi connectivity index (χ4n) is 20.6. The standard InChI is InChI=1S/C64H87NO8/c1-53(2)22-26-63(51(70)72-15)28-24-61(13)47(38(63)34-53)41(66)31-45-57(9)33-37(49(68)55(5,6)43(57)17-20-59(45,61)11)19-30-65-40-36-58(10)44(56(7,8)50(40)69)18-21-60(12)46(58)32-42(67)48-39-35-54(3,4)23-27-64(39,52(71)73-16)29-25-62(48,60)14/h31-33,36,38-39,43-44,47-48,65H,17-18,20-29,34-35H2,1-16H3. The number of methoxy groups -OCH3 is 2. The predicted molar refractivity (Wildman–Crippen MR) is 282 cm³/mol. The highest BCUT2D eigenvalue weighted by Crippen LogP contribution is 2.77. The average Bonchev–Trinajstić information content (AvgIpc) is 3.30. The van der Waals surface area contributed by atoms with Gasteiger partial charge in [-0.05, 0) is 170 Å². The lowest BCUT2D eigenvalue weighted by atomic mass is 9.34. The van der Waals surface area contributed by atoms with Crippen molar-refractivity contribution in [1.29, 1.82) is 0 Å². The molecule has 0 aromatic carbocycles. The second-order valence-corrected chi connectivity index (χ2v) is 30.0. The first kappa shape index (κ1) is 52.4. The molecule has 9 heteroatoms. The lowest BCUT2D eigenvalue weighted by Crippen LogP contribution is -2.66. The minimum Gasteiger partial charge on any atom is -0.469 e. The van der Waals surface area contributed by atoms with Crippen molar-refractivity contribution in [2.24, 2.45) is 100 Å². The number of hydrogen-bond donors (Lipinski definition) is 1. The Balaban J connectivity index is 1.01. The summed E-state index contributed by atoms with van der Waals surface area (Å²) in [7, 11) is 2.98. The van der Waals surface area contributed by atoms with Gasteiger partial charge in [0.2, 0.25) is 0 Å². The molecule has 10 rings (SSSR count). The van der Waals surface area contributed by atoms with Gasteiger partial charge in [-0.2, -0.15) is 0 Å². The van der Waals surface area contributed by atoms with Crippen LogP contribution >= 0.6 is 0 Å². The van der Waals surface area contributed by atoms with Crippen molar-refractivity contribution in [3.8, 4) is 12.0 Å². The molecule has 0 aromatic rings. The van der Waals surface area contributed by atoms with Crippen LogP contribution < -0.4 is 5.32 Å². The maximum Gasteiger partial charge on any atom is 0.312 e. The molecule has 0 spiro atoms. The smallest absolute Gasteiger partial charge is 0.312 e. The molecule has 0 amide bonds. The van der Waals surface area contributed by atoms with E-state index < -0.39 is 43.3 Å². The molecular weight excluding hydrogens is 911 g/mol. The van der Waals surface area contributed by atoms with Crippen LogP contribution in [0.4, 0.5) is 0 Å². The molecule has 396 valence electrons. The summed E-state index contributed by atoms with van der Waals surface area (Å²) in [5, 5.41) is 3.27. The second-order valence-electron chi connectivity index (χ2n) is 30.0. The number of esters is 2. The summed E-state index contributed by atoms with van der Waals surface area (Å²) in [4.78, 5) is 87.5. The molecule has 14 atom stereocenters. The van der Waals surface area contributed by atoms with Crippen LogP contribution in [0.2, 0.25) is 0 Å². The van der Waals surface area contributed by atoms with Gasteiger partial charge in [0.1, 0.15) is 0 Å². The first-order chi connectivity index (χ1) is 33.7. The third kappa shape index (κ3) is 6.58. The average molecular weight is 998 g/mol. The van der Waals surface area contributed by atoms with Gasteiger partial charge in [-0.25, -0.2) is 0 Å². The first-order valence-corrected chi connectivity index (χ1v) is 28.2. The number of fused-ring (bicyclic) bond motifs is 14. The van der Waals surface area contributed by atoms with E-state index in [-0.39, 0.29) is 92.2 Å². The Morgan fingerprint density at radius 1 is 0.534 bits per heavy atom. The van der Waals surface area contributed by atoms with Crippen LogP contribution in [0.3, 0.4) is 0 Å². The lowest BCUT2D eigenvalue weighted by Gasteiger charge is -2.68. The number of carbonyl (C=O) groups excluding carboxylic acids is 6. The van der Waals surface area contributed by atoms with E-state index in [4.69, 9.17) is 9.47 Å². The van der Waals surface area contributed by atoms with E-state index in [1.54, 1.807) is 0 Å². The van der Waals surface area contributed by atoms with Gasteiger partial charge in [0.25, 0.3) is 0 Å². The van der Waals surface area contributed by atoms with Crippen molar-refractivity contribution < 1.29 is 38.2 Å². The first-order valence-electron chi connectivity index (χ1n) is 28.2. The monoisotopic (exact) mass is 998 g/mol. The third-order valence-corrected chi connectivity index (χ3v) is 25.1. The van der Waals surface area contributed by atoms with E-state index in [1.165, 1.54) is 14.2 Å². The van der Waals surface area contributed by atoms with Gasteiger partial charge in [0, 0.05) is 39.5 Å². The highest BCUT2D eigenvalue weighted by atomic mass is 16.5. The summed E-state index contributed by atoms with van der Waals surface area (Å²) in [5.41, 5.74) is -2.92. The zero-order valence-corrected chi connectivity index (χ0v) is 47.4. The Morgan fingerprint density at radius 3 is 1.36 bits per heavy atom. The summed E-state index contributed by atoms with van der Waals surface area (Å²) in [6.07, 6.45) is 19.1. The van der Waals surface area contributed by atoms with Crippen LogP contribution in [0.1, 0.15) is 187 Å². The number of rotatable bonds is 3. The van der Waals surface area contributed by atoms with Crippen LogP contribution in [0.25, 0.3) is 0 Å². The molecule has 0 bridgehead atoms. The highest BCUT2D eigenvalue weighted by Gasteiger charge is 2.73. The molecule has 0 aliphatic heterocycles. The fraction of sp³-hybridized carbons (Fsp3) is 0.750. The number of ketones is 4. The molecule has 0 aromatic heterocycles. The number of nitrogens with one attached hydrogen (secondary N) is 1. The zero-order valence-electron chi connectivity index (χ0n) is 47.4. The Hall–Kier alpha value is -4.06. The van der Waals surface area contributed by atoms with Crippen molar-refractivity contribution in [3.63, 3.8) is 0 Å². The Kier molecular flexibility index (Phi) is 11.3. The molecule has 1 N–H and O–H groups in total. The highest BCUT2D eigenvalue weighted by molar-refractivity contribution is 6.06. The van der Waals surface area contributed by atoms with Crippen molar-refractivity contribution in [3.05, 3.63) is 46.7 Å². The zero-order chi connectivity index (χ0) is 53.5. The third-order valence-electron chi connectivity index (χ3n) is 25.1. The van der Waals surface area contributed by atoms with Crippen molar-refractivity contribution in [2.75, 3.05) is 14.2 Å². The van der Waals surface area contributed by atoms with Crippen LogP contribution in [0, 0.1) is 112 Å². The molecule has 14 unspecified atom stereocenters. The summed E-state index contributed by atoms with van der Waals surface area (Å²) in [6.45, 7) is 31.0. The number of Topliss-reactive ketones (excluding diaryl/α,β-unsaturated/α-hetero) is 2. The number of allylic oxidation sites excluding steroid dienone is 8. The summed E-state index contributed by atoms with van der Waals surface area (Å²) < 4.78 is 11.1. The molecule has 0 heterocycles. The quantitative estimate of drug-likeness (QED) is 0.167. The lowest BCUT2D eigenvalue weighted by molar-refractivity contribution is -0.192. The SMILES string of the molecule is COC(=O)C12CCC(C)(C)CC1C1C(=O)C=C3C4(C)C=C(C#CNC5=CC6(C)C7=CC(=O)C8C9CC(C)(C)CCC9(C(=O)OC)CCC8(C)C7(C)CCC6C(C)(C)C5=O)C(=O)C(C)(C)C4CCC3(C)C1(C)CC2. The second kappa shape index (κ2) is 15.8. The van der Waals surface area contributed by atoms with E-state index >= 15 is 9.59 Å².